The van der Waals surface area contributed by atoms with Crippen molar-refractivity contribution in [2.24, 2.45) is 0 Å². The van der Waals surface area contributed by atoms with Gasteiger partial charge in [-0.15, -0.1) is 5.10 Å². The summed E-state index contributed by atoms with van der Waals surface area (Å²) in [4.78, 5) is 16.4. The summed E-state index contributed by atoms with van der Waals surface area (Å²) in [5.41, 5.74) is 2.32. The number of aromatic amines is 1. The van der Waals surface area contributed by atoms with Crippen LogP contribution in [0.2, 0.25) is 10.0 Å². The Hall–Kier alpha value is -3.26. The highest BCUT2D eigenvalue weighted by Crippen LogP contribution is 2.30. The van der Waals surface area contributed by atoms with Gasteiger partial charge in [0.1, 0.15) is 17.3 Å². The number of ether oxygens (including phenoxy) is 1. The van der Waals surface area contributed by atoms with Gasteiger partial charge in [-0.2, -0.15) is 0 Å². The van der Waals surface area contributed by atoms with E-state index in [2.05, 4.69) is 15.2 Å². The van der Waals surface area contributed by atoms with Gasteiger partial charge < -0.3 is 9.84 Å². The Morgan fingerprint density at radius 2 is 1.82 bits per heavy atom. The van der Waals surface area contributed by atoms with Crippen LogP contribution < -0.4 is 4.74 Å². The molecule has 0 bridgehead atoms. The zero-order valence-corrected chi connectivity index (χ0v) is 19.4. The average molecular weight is 498 g/mol. The topological polar surface area (TPSA) is 88.1 Å². The Labute approximate surface area is 204 Å². The van der Waals surface area contributed by atoms with Crippen LogP contribution in [0.4, 0.5) is 0 Å². The van der Waals surface area contributed by atoms with Crippen LogP contribution in [0.25, 0.3) is 17.5 Å². The monoisotopic (exact) mass is 497 g/mol. The molecule has 6 nitrogen and oxygen atoms in total. The summed E-state index contributed by atoms with van der Waals surface area (Å²) < 4.78 is 5.93. The first-order valence-corrected chi connectivity index (χ1v) is 11.3. The minimum Gasteiger partial charge on any atom is -0.488 e. The molecule has 0 saturated heterocycles. The van der Waals surface area contributed by atoms with Gasteiger partial charge in [-0.1, -0.05) is 53.5 Å². The molecule has 0 spiro atoms. The van der Waals surface area contributed by atoms with Crippen LogP contribution in [-0.2, 0) is 11.4 Å². The number of carboxylic acids is 1. The number of nitrogens with zero attached hydrogens (tertiary/aromatic N) is 2. The van der Waals surface area contributed by atoms with Crippen LogP contribution in [0.3, 0.4) is 0 Å². The molecule has 9 heteroatoms. The molecule has 3 aromatic carbocycles. The summed E-state index contributed by atoms with van der Waals surface area (Å²) in [7, 11) is 0. The summed E-state index contributed by atoms with van der Waals surface area (Å²) in [6.45, 7) is 0.298. The van der Waals surface area contributed by atoms with Crippen LogP contribution >= 0.6 is 35.0 Å². The number of hydrogen-bond acceptors (Lipinski definition) is 5. The molecule has 0 saturated carbocycles. The van der Waals surface area contributed by atoms with Crippen molar-refractivity contribution in [1.82, 2.24) is 15.2 Å². The molecule has 0 atom stereocenters. The van der Waals surface area contributed by atoms with Crippen LogP contribution in [-0.4, -0.2) is 26.3 Å². The smallest absolute Gasteiger partial charge is 0.342 e. The van der Waals surface area contributed by atoms with Crippen LogP contribution in [0, 0.1) is 0 Å². The van der Waals surface area contributed by atoms with Crippen molar-refractivity contribution in [3.63, 3.8) is 0 Å². The number of para-hydroxylation sites is 1. The lowest BCUT2D eigenvalue weighted by molar-refractivity contribution is -0.131. The highest BCUT2D eigenvalue weighted by atomic mass is 35.5. The third-order valence-corrected chi connectivity index (χ3v) is 5.85. The number of benzene rings is 3. The van der Waals surface area contributed by atoms with Crippen molar-refractivity contribution in [2.75, 3.05) is 0 Å². The average Bonchev–Trinajstić information content (AvgIpc) is 3.27. The van der Waals surface area contributed by atoms with E-state index in [0.29, 0.717) is 33.8 Å². The summed E-state index contributed by atoms with van der Waals surface area (Å²) in [5.74, 6) is -0.0275. The summed E-state index contributed by atoms with van der Waals surface area (Å²) >= 11 is 12.9. The molecule has 0 unspecified atom stereocenters. The number of carbonyl (C=O) groups is 1. The van der Waals surface area contributed by atoms with Gasteiger partial charge in [0.25, 0.3) is 0 Å². The predicted octanol–water partition coefficient (Wildman–Crippen LogP) is 6.58. The van der Waals surface area contributed by atoms with E-state index in [9.17, 15) is 9.90 Å². The number of nitrogens with one attached hydrogen (secondary N) is 1. The lowest BCUT2D eigenvalue weighted by atomic mass is 10.2. The lowest BCUT2D eigenvalue weighted by Gasteiger charge is -2.10. The minimum atomic E-state index is -1.09. The second-order valence-electron chi connectivity index (χ2n) is 6.85. The van der Waals surface area contributed by atoms with Gasteiger partial charge in [-0.25, -0.2) is 9.78 Å². The van der Waals surface area contributed by atoms with Crippen molar-refractivity contribution in [3.05, 3.63) is 98.9 Å². The fourth-order valence-corrected chi connectivity index (χ4v) is 3.96. The van der Waals surface area contributed by atoms with Crippen molar-refractivity contribution in [2.45, 2.75) is 11.8 Å². The van der Waals surface area contributed by atoms with E-state index in [1.54, 1.807) is 48.5 Å². The summed E-state index contributed by atoms with van der Waals surface area (Å²) in [6, 6.07) is 21.7. The standard InChI is InChI=1S/C24H17Cl2N3O3S/c25-18-10-8-16(9-11-18)22-27-24(29-28-22)33-21(23(30)31)13-17-5-1-2-7-20(17)32-14-15-4-3-6-19(26)12-15/h1-13H,14H2,(H,30,31)(H,27,28,29)/b21-13-. The molecule has 1 aromatic heterocycles. The van der Waals surface area contributed by atoms with Gasteiger partial charge in [0.05, 0.1) is 0 Å². The molecule has 33 heavy (non-hydrogen) atoms. The van der Waals surface area contributed by atoms with Gasteiger partial charge in [-0.05, 0) is 65.9 Å². The van der Waals surface area contributed by atoms with E-state index in [1.165, 1.54) is 0 Å². The van der Waals surface area contributed by atoms with Crippen molar-refractivity contribution < 1.29 is 14.6 Å². The van der Waals surface area contributed by atoms with Crippen LogP contribution in [0.5, 0.6) is 5.75 Å². The third kappa shape index (κ3) is 6.16. The number of carboxylic acid groups (broad SMARTS) is 1. The molecule has 4 aromatic rings. The maximum absolute atomic E-state index is 11.9. The van der Waals surface area contributed by atoms with Gasteiger partial charge in [0.2, 0.25) is 5.16 Å². The van der Waals surface area contributed by atoms with Crippen molar-refractivity contribution in [1.29, 1.82) is 0 Å². The third-order valence-electron chi connectivity index (χ3n) is 4.48. The van der Waals surface area contributed by atoms with Crippen molar-refractivity contribution >= 4 is 47.0 Å². The molecule has 0 aliphatic rings. The van der Waals surface area contributed by atoms with Crippen LogP contribution in [0.15, 0.2) is 82.9 Å². The molecule has 0 amide bonds. The molecular formula is C24H17Cl2N3O3S. The molecule has 1 heterocycles. The van der Waals surface area contributed by atoms with E-state index in [4.69, 9.17) is 27.9 Å². The largest absolute Gasteiger partial charge is 0.488 e. The predicted molar refractivity (Wildman–Crippen MR) is 131 cm³/mol. The zero-order chi connectivity index (χ0) is 23.2. The SMILES string of the molecule is O=C(O)/C(=C/c1ccccc1OCc1cccc(Cl)c1)Sc1n[nH]c(-c2ccc(Cl)cc2)n1. The van der Waals surface area contributed by atoms with Gasteiger partial charge in [0.15, 0.2) is 5.82 Å². The molecule has 0 aliphatic carbocycles. The zero-order valence-electron chi connectivity index (χ0n) is 17.0. The number of rotatable bonds is 8. The molecule has 166 valence electrons. The Morgan fingerprint density at radius 3 is 2.58 bits per heavy atom. The molecule has 4 rings (SSSR count). The maximum atomic E-state index is 11.9. The second kappa shape index (κ2) is 10.6. The number of aromatic nitrogens is 3. The summed E-state index contributed by atoms with van der Waals surface area (Å²) in [5, 5.41) is 18.2. The fraction of sp³-hybridized carbons (Fsp3) is 0.0417. The Kier molecular flexibility index (Phi) is 7.34. The minimum absolute atomic E-state index is 0.0514. The number of hydrogen-bond donors (Lipinski definition) is 2. The highest BCUT2D eigenvalue weighted by Gasteiger charge is 2.15. The van der Waals surface area contributed by atoms with E-state index >= 15 is 0 Å². The van der Waals surface area contributed by atoms with Gasteiger partial charge in [-0.3, -0.25) is 5.10 Å². The van der Waals surface area contributed by atoms with Gasteiger partial charge >= 0.3 is 5.97 Å². The van der Waals surface area contributed by atoms with E-state index < -0.39 is 5.97 Å². The first-order valence-electron chi connectivity index (χ1n) is 9.75. The Bertz CT molecular complexity index is 1310. The summed E-state index contributed by atoms with van der Waals surface area (Å²) in [6.07, 6.45) is 1.54. The number of halogens is 2. The molecule has 0 fully saturated rings. The van der Waals surface area contributed by atoms with Crippen molar-refractivity contribution in [3.8, 4) is 17.1 Å². The van der Waals surface area contributed by atoms with E-state index in [1.807, 2.05) is 30.3 Å². The first kappa shape index (κ1) is 22.9. The molecule has 0 radical (unpaired) electrons. The van der Waals surface area contributed by atoms with Crippen LogP contribution in [0.1, 0.15) is 11.1 Å². The lowest BCUT2D eigenvalue weighted by Crippen LogP contribution is -2.00. The first-order chi connectivity index (χ1) is 16.0. The second-order valence-corrected chi connectivity index (χ2v) is 8.73. The molecular weight excluding hydrogens is 481 g/mol. The Balaban J connectivity index is 1.54. The number of aliphatic carboxylic acids is 1. The van der Waals surface area contributed by atoms with E-state index in [0.717, 1.165) is 22.9 Å². The normalized spacial score (nSPS) is 11.4. The fourth-order valence-electron chi connectivity index (χ4n) is 2.92. The quantitative estimate of drug-likeness (QED) is 0.211. The van der Waals surface area contributed by atoms with Gasteiger partial charge in [0, 0.05) is 21.2 Å². The Morgan fingerprint density at radius 1 is 1.03 bits per heavy atom. The number of thioether (sulfide) groups is 1. The highest BCUT2D eigenvalue weighted by molar-refractivity contribution is 8.04. The maximum Gasteiger partial charge on any atom is 0.342 e. The van der Waals surface area contributed by atoms with E-state index in [-0.39, 0.29) is 10.1 Å². The number of H-pyrrole nitrogens is 1. The molecule has 2 N–H and O–H groups in total. The molecule has 0 aliphatic heterocycles.